The Morgan fingerprint density at radius 3 is 2.62 bits per heavy atom. The van der Waals surface area contributed by atoms with Gasteiger partial charge in [-0.25, -0.2) is 10.2 Å². The number of aromatic nitrogens is 4. The summed E-state index contributed by atoms with van der Waals surface area (Å²) >= 11 is 0. The molecule has 5 rings (SSSR count). The standard InChI is InChI=1S/C29H33N7O4/c1-5-39-29(37)34-32-27-28-33-31-25(14-13-22-18(2)35-40-19(22)3)36(28)24-17-20(15-16-38-4)11-12-23(24)26(30-27)21-9-7-6-8-10-21/h6-12,17,27,32H,5,13-16H2,1-4H3,(H,34,37). The molecule has 208 valence electrons. The van der Waals surface area contributed by atoms with E-state index in [1.54, 1.807) is 14.0 Å². The summed E-state index contributed by atoms with van der Waals surface area (Å²) < 4.78 is 17.8. The van der Waals surface area contributed by atoms with Gasteiger partial charge in [0, 0.05) is 30.2 Å². The average molecular weight is 544 g/mol. The van der Waals surface area contributed by atoms with Crippen molar-refractivity contribution >= 4 is 11.8 Å². The fourth-order valence-electron chi connectivity index (χ4n) is 4.84. The number of fused-ring (bicyclic) bond motifs is 3. The summed E-state index contributed by atoms with van der Waals surface area (Å²) in [7, 11) is 1.70. The zero-order valence-corrected chi connectivity index (χ0v) is 23.1. The van der Waals surface area contributed by atoms with Crippen LogP contribution in [0.2, 0.25) is 0 Å². The highest BCUT2D eigenvalue weighted by molar-refractivity contribution is 6.15. The Hall–Kier alpha value is -4.35. The summed E-state index contributed by atoms with van der Waals surface area (Å²) in [5.41, 5.74) is 12.2. The second kappa shape index (κ2) is 12.2. The van der Waals surface area contributed by atoms with Crippen molar-refractivity contribution in [3.8, 4) is 5.69 Å². The monoisotopic (exact) mass is 543 g/mol. The molecule has 0 radical (unpaired) electrons. The van der Waals surface area contributed by atoms with E-state index in [1.807, 2.05) is 48.7 Å². The molecule has 2 N–H and O–H groups in total. The van der Waals surface area contributed by atoms with Gasteiger partial charge in [0.1, 0.15) is 11.6 Å². The Morgan fingerprint density at radius 1 is 1.07 bits per heavy atom. The highest BCUT2D eigenvalue weighted by Crippen LogP contribution is 2.31. The summed E-state index contributed by atoms with van der Waals surface area (Å²) in [5, 5.41) is 13.3. The maximum atomic E-state index is 12.2. The van der Waals surface area contributed by atoms with Gasteiger partial charge in [-0.2, -0.15) is 0 Å². The summed E-state index contributed by atoms with van der Waals surface area (Å²) in [6.45, 7) is 6.44. The highest BCUT2D eigenvalue weighted by Gasteiger charge is 2.30. The third kappa shape index (κ3) is 5.65. The Morgan fingerprint density at radius 2 is 1.90 bits per heavy atom. The number of nitrogens with zero attached hydrogens (tertiary/aromatic N) is 5. The van der Waals surface area contributed by atoms with Gasteiger partial charge in [0.05, 0.1) is 30.3 Å². The molecule has 0 fully saturated rings. The lowest BCUT2D eigenvalue weighted by atomic mass is 9.98. The fourth-order valence-corrected chi connectivity index (χ4v) is 4.84. The average Bonchev–Trinajstić information content (AvgIpc) is 3.49. The van der Waals surface area contributed by atoms with Crippen molar-refractivity contribution in [2.75, 3.05) is 20.3 Å². The van der Waals surface area contributed by atoms with Crippen LogP contribution in [-0.4, -0.2) is 52.0 Å². The van der Waals surface area contributed by atoms with Gasteiger partial charge in [-0.3, -0.25) is 15.0 Å². The van der Waals surface area contributed by atoms with Gasteiger partial charge in [-0.15, -0.1) is 10.2 Å². The van der Waals surface area contributed by atoms with Crippen molar-refractivity contribution < 1.29 is 18.8 Å². The van der Waals surface area contributed by atoms with Gasteiger partial charge >= 0.3 is 6.09 Å². The Kier molecular flexibility index (Phi) is 8.32. The van der Waals surface area contributed by atoms with Crippen molar-refractivity contribution in [3.05, 3.63) is 93.9 Å². The number of hydrazine groups is 1. The summed E-state index contributed by atoms with van der Waals surface area (Å²) in [6, 6.07) is 16.3. The van der Waals surface area contributed by atoms with Crippen LogP contribution in [-0.2, 0) is 28.7 Å². The Bertz CT molecular complexity index is 1490. The second-order valence-corrected chi connectivity index (χ2v) is 9.44. The zero-order valence-electron chi connectivity index (χ0n) is 23.1. The minimum atomic E-state index is -0.741. The van der Waals surface area contributed by atoms with Crippen molar-refractivity contribution in [1.82, 2.24) is 30.8 Å². The number of carbonyl (C=O) groups excluding carboxylic acids is 1. The minimum Gasteiger partial charge on any atom is -0.449 e. The van der Waals surface area contributed by atoms with Crippen LogP contribution in [0.3, 0.4) is 0 Å². The maximum absolute atomic E-state index is 12.2. The van der Waals surface area contributed by atoms with Crippen molar-refractivity contribution in [2.45, 2.75) is 46.2 Å². The molecule has 11 heteroatoms. The summed E-state index contributed by atoms with van der Waals surface area (Å²) in [5.74, 6) is 2.09. The largest absolute Gasteiger partial charge is 0.449 e. The minimum absolute atomic E-state index is 0.244. The summed E-state index contributed by atoms with van der Waals surface area (Å²) in [4.78, 5) is 17.3. The number of carbonyl (C=O) groups is 1. The summed E-state index contributed by atoms with van der Waals surface area (Å²) in [6.07, 6.45) is 0.682. The third-order valence-electron chi connectivity index (χ3n) is 6.82. The second-order valence-electron chi connectivity index (χ2n) is 9.44. The number of hydrogen-bond donors (Lipinski definition) is 2. The molecule has 0 bridgehead atoms. The fraction of sp³-hybridized carbons (Fsp3) is 0.345. The molecule has 0 aliphatic carbocycles. The van der Waals surface area contributed by atoms with E-state index in [0.717, 1.165) is 57.4 Å². The van der Waals surface area contributed by atoms with Crippen LogP contribution in [0, 0.1) is 13.8 Å². The third-order valence-corrected chi connectivity index (χ3v) is 6.82. The van der Waals surface area contributed by atoms with Crippen LogP contribution >= 0.6 is 0 Å². The molecule has 11 nitrogen and oxygen atoms in total. The van der Waals surface area contributed by atoms with Gasteiger partial charge < -0.3 is 14.0 Å². The molecule has 2 aromatic carbocycles. The molecule has 4 aromatic rings. The molecule has 0 spiro atoms. The molecule has 1 atom stereocenters. The van der Waals surface area contributed by atoms with Crippen LogP contribution in [0.1, 0.15) is 58.4 Å². The van der Waals surface area contributed by atoms with E-state index in [1.165, 1.54) is 0 Å². The quantitative estimate of drug-likeness (QED) is 0.288. The predicted octanol–water partition coefficient (Wildman–Crippen LogP) is 3.95. The van der Waals surface area contributed by atoms with Gasteiger partial charge in [0.25, 0.3) is 0 Å². The lowest BCUT2D eigenvalue weighted by Crippen LogP contribution is -2.40. The van der Waals surface area contributed by atoms with Gasteiger partial charge in [-0.05, 0) is 45.2 Å². The number of nitrogens with one attached hydrogen (secondary N) is 2. The molecule has 3 heterocycles. The molecule has 1 aliphatic rings. The number of aliphatic imine (C=N–C) groups is 1. The molecule has 0 saturated carbocycles. The van der Waals surface area contributed by atoms with Crippen molar-refractivity contribution in [2.24, 2.45) is 4.99 Å². The lowest BCUT2D eigenvalue weighted by Gasteiger charge is -2.16. The molecular weight excluding hydrogens is 510 g/mol. The Labute approximate surface area is 232 Å². The smallest absolute Gasteiger partial charge is 0.421 e. The van der Waals surface area contributed by atoms with E-state index in [0.29, 0.717) is 25.3 Å². The first-order valence-corrected chi connectivity index (χ1v) is 13.3. The SMILES string of the molecule is CCOC(=O)NNC1N=C(c2ccccc2)c2ccc(CCOC)cc2-n2c(CCc3c(C)noc3C)nnc21. The number of aryl methyl sites for hydroxylation is 3. The number of rotatable bonds is 10. The molecule has 2 aromatic heterocycles. The van der Waals surface area contributed by atoms with Gasteiger partial charge in [0.15, 0.2) is 12.0 Å². The number of amides is 1. The normalized spacial score (nSPS) is 14.2. The molecular formula is C29H33N7O4. The lowest BCUT2D eigenvalue weighted by molar-refractivity contribution is 0.145. The predicted molar refractivity (Wildman–Crippen MR) is 148 cm³/mol. The van der Waals surface area contributed by atoms with Crippen LogP contribution in [0.25, 0.3) is 5.69 Å². The van der Waals surface area contributed by atoms with Crippen LogP contribution in [0.4, 0.5) is 4.79 Å². The van der Waals surface area contributed by atoms with Gasteiger partial charge in [0.2, 0.25) is 0 Å². The van der Waals surface area contributed by atoms with Crippen LogP contribution in [0.15, 0.2) is 58.0 Å². The molecule has 0 saturated heterocycles. The molecule has 1 aliphatic heterocycles. The van der Waals surface area contributed by atoms with Crippen LogP contribution in [0.5, 0.6) is 0 Å². The first-order valence-electron chi connectivity index (χ1n) is 13.3. The van der Waals surface area contributed by atoms with E-state index >= 15 is 0 Å². The van der Waals surface area contributed by atoms with Crippen molar-refractivity contribution in [1.29, 1.82) is 0 Å². The topological polar surface area (TPSA) is 129 Å². The van der Waals surface area contributed by atoms with E-state index in [9.17, 15) is 4.79 Å². The number of methoxy groups -OCH3 is 1. The number of hydrogen-bond acceptors (Lipinski definition) is 9. The first-order chi connectivity index (χ1) is 19.5. The van der Waals surface area contributed by atoms with Crippen molar-refractivity contribution in [3.63, 3.8) is 0 Å². The Balaban J connectivity index is 1.63. The van der Waals surface area contributed by atoms with E-state index in [2.05, 4.69) is 44.4 Å². The molecule has 1 unspecified atom stereocenters. The zero-order chi connectivity index (χ0) is 28.1. The number of ether oxygens (including phenoxy) is 2. The van der Waals surface area contributed by atoms with Gasteiger partial charge in [-0.1, -0.05) is 47.6 Å². The van der Waals surface area contributed by atoms with E-state index < -0.39 is 12.3 Å². The van der Waals surface area contributed by atoms with E-state index in [4.69, 9.17) is 19.0 Å². The highest BCUT2D eigenvalue weighted by atomic mass is 16.5. The molecule has 40 heavy (non-hydrogen) atoms. The maximum Gasteiger partial charge on any atom is 0.421 e. The van der Waals surface area contributed by atoms with Crippen LogP contribution < -0.4 is 10.9 Å². The van der Waals surface area contributed by atoms with E-state index in [-0.39, 0.29) is 6.61 Å². The first kappa shape index (κ1) is 27.2. The number of benzene rings is 2. The molecule has 1 amide bonds.